The first-order valence-corrected chi connectivity index (χ1v) is 9.64. The molecule has 0 amide bonds. The first-order valence-electron chi connectivity index (χ1n) is 8.82. The molecule has 2 saturated heterocycles. The van der Waals surface area contributed by atoms with Gasteiger partial charge < -0.3 is 9.64 Å². The Morgan fingerprint density at radius 2 is 2.04 bits per heavy atom. The van der Waals surface area contributed by atoms with Crippen LogP contribution in [-0.4, -0.2) is 60.0 Å². The highest BCUT2D eigenvalue weighted by molar-refractivity contribution is 7.18. The Kier molecular flexibility index (Phi) is 4.78. The van der Waals surface area contributed by atoms with Crippen LogP contribution in [0.1, 0.15) is 19.8 Å². The van der Waals surface area contributed by atoms with Gasteiger partial charge in [0.2, 0.25) is 5.13 Å². The maximum Gasteiger partial charge on any atom is 0.208 e. The lowest BCUT2D eigenvalue weighted by atomic mass is 10.0. The number of morpholine rings is 1. The van der Waals surface area contributed by atoms with Crippen LogP contribution in [0.4, 0.5) is 5.13 Å². The van der Waals surface area contributed by atoms with Gasteiger partial charge in [0.1, 0.15) is 5.01 Å². The van der Waals surface area contributed by atoms with Crippen LogP contribution in [0.5, 0.6) is 0 Å². The molecule has 2 aromatic rings. The molecule has 6 heteroatoms. The van der Waals surface area contributed by atoms with Crippen LogP contribution >= 0.6 is 11.3 Å². The second kappa shape index (κ2) is 7.17. The minimum absolute atomic E-state index is 0.480. The van der Waals surface area contributed by atoms with E-state index in [-0.39, 0.29) is 0 Å². The predicted octanol–water partition coefficient (Wildman–Crippen LogP) is 2.89. The van der Waals surface area contributed by atoms with Crippen LogP contribution in [0.3, 0.4) is 0 Å². The van der Waals surface area contributed by atoms with Crippen molar-refractivity contribution in [3.05, 3.63) is 30.3 Å². The van der Waals surface area contributed by atoms with E-state index in [1.165, 1.54) is 12.8 Å². The van der Waals surface area contributed by atoms with Gasteiger partial charge in [0.15, 0.2) is 0 Å². The number of anilines is 1. The summed E-state index contributed by atoms with van der Waals surface area (Å²) >= 11 is 1.69. The molecule has 0 bridgehead atoms. The van der Waals surface area contributed by atoms with E-state index in [1.54, 1.807) is 11.3 Å². The van der Waals surface area contributed by atoms with Gasteiger partial charge in [-0.1, -0.05) is 55.0 Å². The number of ether oxygens (including phenoxy) is 1. The van der Waals surface area contributed by atoms with Crippen molar-refractivity contribution < 1.29 is 4.74 Å². The SMILES string of the molecule is CCC[C@H]1COC[C@H]2CN(c3nnc(-c4ccccc4)s3)CCN12. The van der Waals surface area contributed by atoms with E-state index in [4.69, 9.17) is 4.74 Å². The van der Waals surface area contributed by atoms with Gasteiger partial charge in [-0.25, -0.2) is 0 Å². The second-order valence-corrected chi connectivity index (χ2v) is 7.53. The third-order valence-electron chi connectivity index (χ3n) is 4.95. The number of benzene rings is 1. The van der Waals surface area contributed by atoms with Crippen molar-refractivity contribution in [2.45, 2.75) is 31.8 Å². The first kappa shape index (κ1) is 16.0. The van der Waals surface area contributed by atoms with Crippen molar-refractivity contribution in [3.63, 3.8) is 0 Å². The lowest BCUT2D eigenvalue weighted by Gasteiger charge is -2.47. The maximum atomic E-state index is 5.86. The molecular weight excluding hydrogens is 320 g/mol. The van der Waals surface area contributed by atoms with E-state index in [2.05, 4.69) is 39.1 Å². The quantitative estimate of drug-likeness (QED) is 0.853. The Bertz CT molecular complexity index is 660. The van der Waals surface area contributed by atoms with E-state index >= 15 is 0 Å². The van der Waals surface area contributed by atoms with E-state index in [1.807, 2.05) is 18.2 Å². The molecule has 2 fully saturated rings. The maximum absolute atomic E-state index is 5.86. The fourth-order valence-corrected chi connectivity index (χ4v) is 4.62. The Hall–Kier alpha value is -1.50. The van der Waals surface area contributed by atoms with Crippen LogP contribution in [0.25, 0.3) is 10.6 Å². The molecule has 24 heavy (non-hydrogen) atoms. The van der Waals surface area contributed by atoms with Crippen LogP contribution in [-0.2, 0) is 4.74 Å². The van der Waals surface area contributed by atoms with Gasteiger partial charge in [-0.2, -0.15) is 0 Å². The minimum Gasteiger partial charge on any atom is -0.378 e. The van der Waals surface area contributed by atoms with E-state index < -0.39 is 0 Å². The minimum atomic E-state index is 0.480. The van der Waals surface area contributed by atoms with Crippen LogP contribution < -0.4 is 4.90 Å². The second-order valence-electron chi connectivity index (χ2n) is 6.57. The zero-order valence-corrected chi connectivity index (χ0v) is 14.9. The third-order valence-corrected chi connectivity index (χ3v) is 5.98. The summed E-state index contributed by atoms with van der Waals surface area (Å²) in [4.78, 5) is 5.03. The summed E-state index contributed by atoms with van der Waals surface area (Å²) in [5.41, 5.74) is 1.14. The molecule has 0 N–H and O–H groups in total. The van der Waals surface area contributed by atoms with Gasteiger partial charge in [0.25, 0.3) is 0 Å². The van der Waals surface area contributed by atoms with Crippen LogP contribution in [0.15, 0.2) is 30.3 Å². The van der Waals surface area contributed by atoms with Gasteiger partial charge in [-0.15, -0.1) is 10.2 Å². The Morgan fingerprint density at radius 3 is 2.88 bits per heavy atom. The summed E-state index contributed by atoms with van der Waals surface area (Å²) in [6, 6.07) is 11.4. The van der Waals surface area contributed by atoms with Gasteiger partial charge in [-0.3, -0.25) is 4.90 Å². The molecular formula is C18H24N4OS. The zero-order chi connectivity index (χ0) is 16.4. The molecule has 3 heterocycles. The molecule has 128 valence electrons. The van der Waals surface area contributed by atoms with Gasteiger partial charge in [0, 0.05) is 31.2 Å². The van der Waals surface area contributed by atoms with Crippen molar-refractivity contribution >= 4 is 16.5 Å². The van der Waals surface area contributed by atoms with E-state index in [0.29, 0.717) is 12.1 Å². The highest BCUT2D eigenvalue weighted by atomic mass is 32.1. The monoisotopic (exact) mass is 344 g/mol. The van der Waals surface area contributed by atoms with Gasteiger partial charge >= 0.3 is 0 Å². The van der Waals surface area contributed by atoms with Gasteiger partial charge in [0.05, 0.1) is 19.3 Å². The average molecular weight is 344 g/mol. The smallest absolute Gasteiger partial charge is 0.208 e. The average Bonchev–Trinajstić information content (AvgIpc) is 3.13. The lowest BCUT2D eigenvalue weighted by molar-refractivity contribution is -0.0557. The van der Waals surface area contributed by atoms with Crippen molar-refractivity contribution in [2.75, 3.05) is 37.7 Å². The topological polar surface area (TPSA) is 41.5 Å². The molecule has 0 radical (unpaired) electrons. The van der Waals surface area contributed by atoms with Crippen LogP contribution in [0.2, 0.25) is 0 Å². The summed E-state index contributed by atoms with van der Waals surface area (Å²) < 4.78 is 5.86. The highest BCUT2D eigenvalue weighted by Gasteiger charge is 2.36. The normalized spacial score (nSPS) is 24.8. The molecule has 0 saturated carbocycles. The molecule has 1 aromatic heterocycles. The Morgan fingerprint density at radius 1 is 1.17 bits per heavy atom. The lowest BCUT2D eigenvalue weighted by Crippen LogP contribution is -2.62. The molecule has 2 atom stereocenters. The van der Waals surface area contributed by atoms with Crippen molar-refractivity contribution in [2.24, 2.45) is 0 Å². The highest BCUT2D eigenvalue weighted by Crippen LogP contribution is 2.31. The molecule has 0 aliphatic carbocycles. The number of piperazine rings is 1. The molecule has 2 aliphatic rings. The summed E-state index contributed by atoms with van der Waals surface area (Å²) in [6.07, 6.45) is 2.45. The number of fused-ring (bicyclic) bond motifs is 1. The number of nitrogens with zero attached hydrogens (tertiary/aromatic N) is 4. The first-order chi connectivity index (χ1) is 11.8. The Balaban J connectivity index is 1.46. The fourth-order valence-electron chi connectivity index (χ4n) is 3.73. The summed E-state index contributed by atoms with van der Waals surface area (Å²) in [5.74, 6) is 0. The molecule has 4 rings (SSSR count). The molecule has 2 aliphatic heterocycles. The molecule has 1 aromatic carbocycles. The predicted molar refractivity (Wildman–Crippen MR) is 97.6 cm³/mol. The van der Waals surface area contributed by atoms with Crippen LogP contribution in [0, 0.1) is 0 Å². The number of hydrogen-bond donors (Lipinski definition) is 0. The number of hydrogen-bond acceptors (Lipinski definition) is 6. The Labute approximate surface area is 147 Å². The molecule has 0 spiro atoms. The molecule has 0 unspecified atom stereocenters. The summed E-state index contributed by atoms with van der Waals surface area (Å²) in [7, 11) is 0. The van der Waals surface area contributed by atoms with Crippen molar-refractivity contribution in [1.29, 1.82) is 0 Å². The third kappa shape index (κ3) is 3.18. The zero-order valence-electron chi connectivity index (χ0n) is 14.1. The number of rotatable bonds is 4. The van der Waals surface area contributed by atoms with Gasteiger partial charge in [-0.05, 0) is 6.42 Å². The van der Waals surface area contributed by atoms with Crippen molar-refractivity contribution in [1.82, 2.24) is 15.1 Å². The fraction of sp³-hybridized carbons (Fsp3) is 0.556. The number of aromatic nitrogens is 2. The van der Waals surface area contributed by atoms with Crippen molar-refractivity contribution in [3.8, 4) is 10.6 Å². The van der Waals surface area contributed by atoms with E-state index in [0.717, 1.165) is 48.6 Å². The summed E-state index contributed by atoms with van der Waals surface area (Å²) in [6.45, 7) is 7.09. The standard InChI is InChI=1S/C18H24N4OS/c1-2-6-15-12-23-13-16-11-21(9-10-22(15)16)18-20-19-17(24-18)14-7-4-3-5-8-14/h3-5,7-8,15-16H,2,6,9-13H2,1H3/t15-,16+/m0/s1. The molecule has 5 nitrogen and oxygen atoms in total. The largest absolute Gasteiger partial charge is 0.378 e. The summed E-state index contributed by atoms with van der Waals surface area (Å²) in [5, 5.41) is 10.9. The van der Waals surface area contributed by atoms with E-state index in [9.17, 15) is 0 Å².